The number of nitrogens with one attached hydrogen (secondary N) is 2. The van der Waals surface area contributed by atoms with Crippen LogP contribution in [0.3, 0.4) is 0 Å². The SMILES string of the molecule is c1cc2ccc(OCC3CCNCC3)cc2[nH]1. The van der Waals surface area contributed by atoms with Crippen molar-refractivity contribution in [3.63, 3.8) is 0 Å². The molecule has 1 aliphatic heterocycles. The van der Waals surface area contributed by atoms with Crippen LogP contribution < -0.4 is 10.1 Å². The molecule has 2 N–H and O–H groups in total. The second-order valence-corrected chi connectivity index (χ2v) is 4.73. The molecule has 3 rings (SSSR count). The zero-order valence-electron chi connectivity index (χ0n) is 9.91. The van der Waals surface area contributed by atoms with Crippen LogP contribution in [0.15, 0.2) is 30.5 Å². The molecule has 1 saturated heterocycles. The second-order valence-electron chi connectivity index (χ2n) is 4.73. The number of rotatable bonds is 3. The summed E-state index contributed by atoms with van der Waals surface area (Å²) in [6.07, 6.45) is 4.41. The van der Waals surface area contributed by atoms with E-state index in [2.05, 4.69) is 34.6 Å². The molecule has 0 saturated carbocycles. The average molecular weight is 230 g/mol. The number of fused-ring (bicyclic) bond motifs is 1. The molecular weight excluding hydrogens is 212 g/mol. The number of piperidine rings is 1. The van der Waals surface area contributed by atoms with E-state index in [0.717, 1.165) is 31.0 Å². The lowest BCUT2D eigenvalue weighted by Gasteiger charge is -2.22. The van der Waals surface area contributed by atoms with Crippen LogP contribution in [0.2, 0.25) is 0 Å². The summed E-state index contributed by atoms with van der Waals surface area (Å²) < 4.78 is 5.88. The van der Waals surface area contributed by atoms with Crippen LogP contribution >= 0.6 is 0 Å². The van der Waals surface area contributed by atoms with Gasteiger partial charge in [0.25, 0.3) is 0 Å². The van der Waals surface area contributed by atoms with Crippen molar-refractivity contribution in [2.24, 2.45) is 5.92 Å². The molecule has 17 heavy (non-hydrogen) atoms. The maximum Gasteiger partial charge on any atom is 0.121 e. The molecule has 2 aromatic rings. The van der Waals surface area contributed by atoms with E-state index in [1.165, 1.54) is 18.2 Å². The van der Waals surface area contributed by atoms with E-state index in [0.29, 0.717) is 5.92 Å². The number of ether oxygens (including phenoxy) is 1. The summed E-state index contributed by atoms with van der Waals surface area (Å²) in [4.78, 5) is 3.21. The normalized spacial score (nSPS) is 17.4. The minimum atomic E-state index is 0.704. The van der Waals surface area contributed by atoms with Crippen molar-refractivity contribution in [1.82, 2.24) is 10.3 Å². The molecule has 1 aliphatic rings. The van der Waals surface area contributed by atoms with E-state index in [1.54, 1.807) is 0 Å². The van der Waals surface area contributed by atoms with Crippen molar-refractivity contribution < 1.29 is 4.74 Å². The third-order valence-corrected chi connectivity index (χ3v) is 3.47. The van der Waals surface area contributed by atoms with E-state index in [1.807, 2.05) is 6.20 Å². The minimum absolute atomic E-state index is 0.704. The van der Waals surface area contributed by atoms with Gasteiger partial charge >= 0.3 is 0 Å². The van der Waals surface area contributed by atoms with Crippen LogP contribution in [0.4, 0.5) is 0 Å². The van der Waals surface area contributed by atoms with Gasteiger partial charge in [-0.15, -0.1) is 0 Å². The Kier molecular flexibility index (Phi) is 3.01. The number of hydrogen-bond acceptors (Lipinski definition) is 2. The molecule has 0 amide bonds. The molecule has 1 aromatic heterocycles. The molecule has 90 valence electrons. The Morgan fingerprint density at radius 1 is 1.18 bits per heavy atom. The summed E-state index contributed by atoms with van der Waals surface area (Å²) in [5.74, 6) is 1.68. The topological polar surface area (TPSA) is 37.0 Å². The lowest BCUT2D eigenvalue weighted by molar-refractivity contribution is 0.215. The van der Waals surface area contributed by atoms with Crippen LogP contribution in [0, 0.1) is 5.92 Å². The van der Waals surface area contributed by atoms with Gasteiger partial charge < -0.3 is 15.0 Å². The zero-order valence-corrected chi connectivity index (χ0v) is 9.91. The van der Waals surface area contributed by atoms with E-state index in [-0.39, 0.29) is 0 Å². The summed E-state index contributed by atoms with van der Waals surface area (Å²) in [7, 11) is 0. The maximum absolute atomic E-state index is 5.88. The first kappa shape index (κ1) is 10.7. The number of hydrogen-bond donors (Lipinski definition) is 2. The molecule has 0 atom stereocenters. The predicted octanol–water partition coefficient (Wildman–Crippen LogP) is 2.55. The number of aromatic nitrogens is 1. The van der Waals surface area contributed by atoms with Crippen LogP contribution in [-0.2, 0) is 0 Å². The molecule has 3 heteroatoms. The third-order valence-electron chi connectivity index (χ3n) is 3.47. The first-order valence-electron chi connectivity index (χ1n) is 6.32. The first-order valence-corrected chi connectivity index (χ1v) is 6.32. The average Bonchev–Trinajstić information content (AvgIpc) is 2.85. The van der Waals surface area contributed by atoms with Gasteiger partial charge in [-0.1, -0.05) is 0 Å². The van der Waals surface area contributed by atoms with Gasteiger partial charge in [0.15, 0.2) is 0 Å². The molecule has 0 radical (unpaired) electrons. The quantitative estimate of drug-likeness (QED) is 0.850. The first-order chi connectivity index (χ1) is 8.42. The van der Waals surface area contributed by atoms with Gasteiger partial charge in [0.1, 0.15) is 5.75 Å². The Balaban J connectivity index is 1.63. The summed E-state index contributed by atoms with van der Waals surface area (Å²) in [6.45, 7) is 3.10. The Bertz CT molecular complexity index is 486. The third kappa shape index (κ3) is 2.44. The van der Waals surface area contributed by atoms with Gasteiger partial charge in [-0.3, -0.25) is 0 Å². The molecule has 0 spiro atoms. The maximum atomic E-state index is 5.88. The molecule has 2 heterocycles. The molecule has 0 unspecified atom stereocenters. The van der Waals surface area contributed by atoms with Gasteiger partial charge in [-0.05, 0) is 55.4 Å². The van der Waals surface area contributed by atoms with Gasteiger partial charge in [-0.2, -0.15) is 0 Å². The standard InChI is InChI=1S/C14H18N2O/c1-2-13(9-14-12(1)5-8-16-14)17-10-11-3-6-15-7-4-11/h1-2,5,8-9,11,15-16H,3-4,6-7,10H2. The molecule has 0 bridgehead atoms. The highest BCUT2D eigenvalue weighted by Crippen LogP contribution is 2.21. The van der Waals surface area contributed by atoms with Crippen LogP contribution in [0.25, 0.3) is 10.9 Å². The second kappa shape index (κ2) is 4.80. The van der Waals surface area contributed by atoms with Crippen molar-refractivity contribution in [1.29, 1.82) is 0 Å². The number of H-pyrrole nitrogens is 1. The van der Waals surface area contributed by atoms with Crippen molar-refractivity contribution in [2.75, 3.05) is 19.7 Å². The van der Waals surface area contributed by atoms with Crippen LogP contribution in [0.5, 0.6) is 5.75 Å². The van der Waals surface area contributed by atoms with E-state index in [9.17, 15) is 0 Å². The molecule has 3 nitrogen and oxygen atoms in total. The Hall–Kier alpha value is -1.48. The fourth-order valence-electron chi connectivity index (χ4n) is 2.38. The van der Waals surface area contributed by atoms with Gasteiger partial charge in [0.2, 0.25) is 0 Å². The highest BCUT2D eigenvalue weighted by molar-refractivity contribution is 5.80. The summed E-state index contributed by atoms with van der Waals surface area (Å²) in [6, 6.07) is 8.31. The highest BCUT2D eigenvalue weighted by Gasteiger charge is 2.13. The van der Waals surface area contributed by atoms with E-state index < -0.39 is 0 Å². The van der Waals surface area contributed by atoms with Crippen molar-refractivity contribution in [2.45, 2.75) is 12.8 Å². The highest BCUT2D eigenvalue weighted by atomic mass is 16.5. The summed E-state index contributed by atoms with van der Waals surface area (Å²) in [5.41, 5.74) is 1.15. The smallest absolute Gasteiger partial charge is 0.121 e. The molecule has 0 aliphatic carbocycles. The summed E-state index contributed by atoms with van der Waals surface area (Å²) in [5, 5.41) is 4.61. The van der Waals surface area contributed by atoms with Gasteiger partial charge in [0, 0.05) is 17.8 Å². The fraction of sp³-hybridized carbons (Fsp3) is 0.429. The molecule has 1 aromatic carbocycles. The van der Waals surface area contributed by atoms with Crippen LogP contribution in [-0.4, -0.2) is 24.7 Å². The van der Waals surface area contributed by atoms with Crippen LogP contribution in [0.1, 0.15) is 12.8 Å². The number of aromatic amines is 1. The zero-order chi connectivity index (χ0) is 11.5. The Labute approximate surface area is 101 Å². The lowest BCUT2D eigenvalue weighted by Crippen LogP contribution is -2.30. The molecular formula is C14H18N2O. The van der Waals surface area contributed by atoms with E-state index in [4.69, 9.17) is 4.74 Å². The van der Waals surface area contributed by atoms with Gasteiger partial charge in [-0.25, -0.2) is 0 Å². The predicted molar refractivity (Wildman–Crippen MR) is 69.4 cm³/mol. The molecule has 1 fully saturated rings. The monoisotopic (exact) mass is 230 g/mol. The Morgan fingerprint density at radius 2 is 2.06 bits per heavy atom. The van der Waals surface area contributed by atoms with Crippen molar-refractivity contribution in [3.8, 4) is 5.75 Å². The lowest BCUT2D eigenvalue weighted by atomic mass is 9.99. The largest absolute Gasteiger partial charge is 0.493 e. The number of benzene rings is 1. The van der Waals surface area contributed by atoms with Crippen molar-refractivity contribution in [3.05, 3.63) is 30.5 Å². The Morgan fingerprint density at radius 3 is 2.94 bits per heavy atom. The van der Waals surface area contributed by atoms with Crippen molar-refractivity contribution >= 4 is 10.9 Å². The van der Waals surface area contributed by atoms with E-state index >= 15 is 0 Å². The fourth-order valence-corrected chi connectivity index (χ4v) is 2.38. The minimum Gasteiger partial charge on any atom is -0.493 e. The summed E-state index contributed by atoms with van der Waals surface area (Å²) >= 11 is 0. The van der Waals surface area contributed by atoms with Gasteiger partial charge in [0.05, 0.1) is 6.61 Å².